The van der Waals surface area contributed by atoms with E-state index in [1.54, 1.807) is 12.1 Å². The van der Waals surface area contributed by atoms with Gasteiger partial charge in [-0.05, 0) is 48.2 Å². The van der Waals surface area contributed by atoms with Gasteiger partial charge in [0.05, 0.1) is 16.3 Å². The Kier molecular flexibility index (Phi) is 4.98. The predicted molar refractivity (Wildman–Crippen MR) is 115 cm³/mol. The summed E-state index contributed by atoms with van der Waals surface area (Å²) in [7, 11) is 0. The lowest BCUT2D eigenvalue weighted by atomic mass is 10.1. The van der Waals surface area contributed by atoms with Crippen LogP contribution in [0.25, 0.3) is 5.57 Å². The molecule has 0 radical (unpaired) electrons. The molecule has 0 saturated heterocycles. The molecule has 0 aliphatic carbocycles. The monoisotopic (exact) mass is 428 g/mol. The van der Waals surface area contributed by atoms with E-state index in [4.69, 9.17) is 23.2 Å². The van der Waals surface area contributed by atoms with Crippen molar-refractivity contribution in [2.75, 3.05) is 10.2 Å². The minimum atomic E-state index is -0.471. The maximum atomic E-state index is 13.3. The summed E-state index contributed by atoms with van der Waals surface area (Å²) < 4.78 is 0. The fraction of sp³-hybridized carbons (Fsp3) is 0.0476. The summed E-state index contributed by atoms with van der Waals surface area (Å²) in [5, 5.41) is 5.68. The first kappa shape index (κ1) is 18.7. The molecule has 4 nitrogen and oxygen atoms in total. The van der Waals surface area contributed by atoms with Crippen molar-refractivity contribution in [1.82, 2.24) is 0 Å². The molecular formula is C21H14Cl2N2O2S. The molecule has 2 heterocycles. The fourth-order valence-corrected chi connectivity index (χ4v) is 4.16. The number of hydrogen-bond donors (Lipinski definition) is 1. The third-order valence-corrected chi connectivity index (χ3v) is 5.85. The van der Waals surface area contributed by atoms with Crippen molar-refractivity contribution in [2.45, 2.75) is 6.92 Å². The number of carbonyl (C=O) groups is 2. The van der Waals surface area contributed by atoms with Gasteiger partial charge in [-0.3, -0.25) is 9.59 Å². The highest BCUT2D eigenvalue weighted by Gasteiger charge is 2.41. The highest BCUT2D eigenvalue weighted by atomic mass is 35.5. The van der Waals surface area contributed by atoms with Crippen molar-refractivity contribution in [3.8, 4) is 0 Å². The number of carbonyl (C=O) groups excluding carboxylic acids is 2. The Morgan fingerprint density at radius 2 is 1.75 bits per heavy atom. The number of thiophene rings is 1. The lowest BCUT2D eigenvalue weighted by molar-refractivity contribution is -0.120. The first-order chi connectivity index (χ1) is 13.5. The summed E-state index contributed by atoms with van der Waals surface area (Å²) in [6, 6.07) is 15.9. The Bertz CT molecular complexity index is 1120. The SMILES string of the molecule is Cc1ccccc1NC1=C(c2cccs2)C(=O)N(c2cc(Cl)ccc2Cl)C1=O. The summed E-state index contributed by atoms with van der Waals surface area (Å²) in [6.07, 6.45) is 0. The van der Waals surface area contributed by atoms with Crippen molar-refractivity contribution >= 4 is 63.3 Å². The average molecular weight is 429 g/mol. The maximum Gasteiger partial charge on any atom is 0.282 e. The molecule has 0 saturated carbocycles. The molecule has 0 bridgehead atoms. The van der Waals surface area contributed by atoms with E-state index >= 15 is 0 Å². The number of rotatable bonds is 4. The molecule has 1 aliphatic heterocycles. The Labute approximate surface area is 176 Å². The van der Waals surface area contributed by atoms with Crippen molar-refractivity contribution in [2.24, 2.45) is 0 Å². The lowest BCUT2D eigenvalue weighted by Gasteiger charge is -2.17. The van der Waals surface area contributed by atoms with Crippen LogP contribution < -0.4 is 10.2 Å². The number of halogens is 2. The Morgan fingerprint density at radius 3 is 2.46 bits per heavy atom. The molecule has 1 N–H and O–H groups in total. The van der Waals surface area contributed by atoms with Crippen LogP contribution in [0.1, 0.15) is 10.4 Å². The van der Waals surface area contributed by atoms with E-state index in [1.165, 1.54) is 17.4 Å². The van der Waals surface area contributed by atoms with Crippen LogP contribution in [0.15, 0.2) is 65.7 Å². The first-order valence-corrected chi connectivity index (χ1v) is 10.1. The number of nitrogens with zero attached hydrogens (tertiary/aromatic N) is 1. The van der Waals surface area contributed by atoms with Gasteiger partial charge in [0, 0.05) is 15.6 Å². The van der Waals surface area contributed by atoms with Gasteiger partial charge in [-0.2, -0.15) is 0 Å². The molecule has 7 heteroatoms. The van der Waals surface area contributed by atoms with Crippen LogP contribution in [-0.4, -0.2) is 11.8 Å². The minimum absolute atomic E-state index is 0.220. The van der Waals surface area contributed by atoms with Gasteiger partial charge in [0.2, 0.25) is 0 Å². The van der Waals surface area contributed by atoms with E-state index in [-0.39, 0.29) is 16.4 Å². The average Bonchev–Trinajstić information content (AvgIpc) is 3.27. The van der Waals surface area contributed by atoms with Crippen LogP contribution >= 0.6 is 34.5 Å². The number of imide groups is 1. The van der Waals surface area contributed by atoms with E-state index in [2.05, 4.69) is 5.32 Å². The Hall–Kier alpha value is -2.60. The number of amides is 2. The zero-order valence-corrected chi connectivity index (χ0v) is 17.0. The molecule has 2 amide bonds. The Morgan fingerprint density at radius 1 is 0.964 bits per heavy atom. The molecule has 0 atom stereocenters. The minimum Gasteiger partial charge on any atom is -0.350 e. The number of anilines is 2. The zero-order valence-electron chi connectivity index (χ0n) is 14.7. The smallest absolute Gasteiger partial charge is 0.282 e. The summed E-state index contributed by atoms with van der Waals surface area (Å²) >= 11 is 13.7. The van der Waals surface area contributed by atoms with Gasteiger partial charge in [-0.1, -0.05) is 47.5 Å². The van der Waals surface area contributed by atoms with Gasteiger partial charge < -0.3 is 5.32 Å². The van der Waals surface area contributed by atoms with Crippen LogP contribution in [0.3, 0.4) is 0 Å². The van der Waals surface area contributed by atoms with Crippen molar-refractivity contribution in [1.29, 1.82) is 0 Å². The number of aryl methyl sites for hydroxylation is 1. The maximum absolute atomic E-state index is 13.3. The largest absolute Gasteiger partial charge is 0.350 e. The van der Waals surface area contributed by atoms with Crippen molar-refractivity contribution < 1.29 is 9.59 Å². The third kappa shape index (κ3) is 3.22. The summed E-state index contributed by atoms with van der Waals surface area (Å²) in [6.45, 7) is 1.93. The van der Waals surface area contributed by atoms with Crippen LogP contribution in [0, 0.1) is 6.92 Å². The molecule has 3 aromatic rings. The number of nitrogens with one attached hydrogen (secondary N) is 1. The van der Waals surface area contributed by atoms with Gasteiger partial charge in [0.1, 0.15) is 5.70 Å². The van der Waals surface area contributed by atoms with Gasteiger partial charge in [0.25, 0.3) is 11.8 Å². The quantitative estimate of drug-likeness (QED) is 0.537. The van der Waals surface area contributed by atoms with Gasteiger partial charge >= 0.3 is 0 Å². The van der Waals surface area contributed by atoms with Crippen molar-refractivity contribution in [3.63, 3.8) is 0 Å². The van der Waals surface area contributed by atoms with E-state index in [0.29, 0.717) is 15.5 Å². The fourth-order valence-electron chi connectivity index (χ4n) is 3.02. The summed E-state index contributed by atoms with van der Waals surface area (Å²) in [4.78, 5) is 28.3. The Balaban J connectivity index is 1.85. The second kappa shape index (κ2) is 7.43. The summed E-state index contributed by atoms with van der Waals surface area (Å²) in [5.74, 6) is -0.909. The molecule has 0 fully saturated rings. The number of para-hydroxylation sites is 1. The van der Waals surface area contributed by atoms with E-state index < -0.39 is 11.8 Å². The number of benzene rings is 2. The molecule has 28 heavy (non-hydrogen) atoms. The molecule has 140 valence electrons. The molecule has 1 aromatic heterocycles. The van der Waals surface area contributed by atoms with E-state index in [9.17, 15) is 9.59 Å². The summed E-state index contributed by atoms with van der Waals surface area (Å²) in [5.41, 5.74) is 2.52. The highest BCUT2D eigenvalue weighted by Crippen LogP contribution is 2.39. The molecule has 2 aromatic carbocycles. The number of hydrogen-bond acceptors (Lipinski definition) is 4. The predicted octanol–water partition coefficient (Wildman–Crippen LogP) is 5.76. The lowest BCUT2D eigenvalue weighted by Crippen LogP contribution is -2.32. The topological polar surface area (TPSA) is 49.4 Å². The van der Waals surface area contributed by atoms with Gasteiger partial charge in [-0.15, -0.1) is 11.3 Å². The second-order valence-corrected chi connectivity index (χ2v) is 8.00. The first-order valence-electron chi connectivity index (χ1n) is 8.42. The standard InChI is InChI=1S/C21H14Cl2N2O2S/c1-12-5-2-3-6-15(12)24-19-18(17-7-4-10-28-17)20(26)25(21(19)27)16-11-13(22)8-9-14(16)23/h2-11,24H,1H3. The van der Waals surface area contributed by atoms with Crippen LogP contribution in [-0.2, 0) is 9.59 Å². The third-order valence-electron chi connectivity index (χ3n) is 4.41. The molecule has 0 spiro atoms. The highest BCUT2D eigenvalue weighted by molar-refractivity contribution is 7.11. The normalized spacial score (nSPS) is 14.2. The van der Waals surface area contributed by atoms with Crippen molar-refractivity contribution in [3.05, 3.63) is 86.2 Å². The van der Waals surface area contributed by atoms with Gasteiger partial charge in [0.15, 0.2) is 0 Å². The molecule has 4 rings (SSSR count). The zero-order chi connectivity index (χ0) is 19.8. The van der Waals surface area contributed by atoms with E-state index in [0.717, 1.165) is 16.2 Å². The van der Waals surface area contributed by atoms with Crippen LogP contribution in [0.4, 0.5) is 11.4 Å². The molecule has 0 unspecified atom stereocenters. The molecular weight excluding hydrogens is 415 g/mol. The van der Waals surface area contributed by atoms with E-state index in [1.807, 2.05) is 48.7 Å². The van der Waals surface area contributed by atoms with Crippen LogP contribution in [0.2, 0.25) is 10.0 Å². The second-order valence-electron chi connectivity index (χ2n) is 6.21. The van der Waals surface area contributed by atoms with Gasteiger partial charge in [-0.25, -0.2) is 4.90 Å². The van der Waals surface area contributed by atoms with Crippen LogP contribution in [0.5, 0.6) is 0 Å². The molecule has 1 aliphatic rings.